The predicted molar refractivity (Wildman–Crippen MR) is 72.4 cm³/mol. The summed E-state index contributed by atoms with van der Waals surface area (Å²) in [6.45, 7) is 7.23. The molecule has 4 nitrogen and oxygen atoms in total. The van der Waals surface area contributed by atoms with E-state index in [-0.39, 0.29) is 11.3 Å². The molecule has 110 valence electrons. The highest BCUT2D eigenvalue weighted by Gasteiger charge is 2.63. The molecule has 0 saturated heterocycles. The van der Waals surface area contributed by atoms with Crippen molar-refractivity contribution in [2.75, 3.05) is 6.61 Å². The topological polar surface area (TPSA) is 80.9 Å². The van der Waals surface area contributed by atoms with Gasteiger partial charge in [0, 0.05) is 11.3 Å². The van der Waals surface area contributed by atoms with Crippen LogP contribution in [0.25, 0.3) is 0 Å². The van der Waals surface area contributed by atoms with Crippen molar-refractivity contribution >= 4 is 0 Å². The Morgan fingerprint density at radius 2 is 1.79 bits per heavy atom. The second kappa shape index (κ2) is 4.29. The fourth-order valence-corrected chi connectivity index (χ4v) is 4.80. The molecule has 0 spiro atoms. The van der Waals surface area contributed by atoms with Crippen LogP contribution in [0.5, 0.6) is 0 Å². The largest absolute Gasteiger partial charge is 0.393 e. The lowest BCUT2D eigenvalue weighted by atomic mass is 9.46. The molecule has 2 rings (SSSR count). The van der Waals surface area contributed by atoms with Gasteiger partial charge in [0.15, 0.2) is 0 Å². The van der Waals surface area contributed by atoms with Crippen molar-refractivity contribution in [3.63, 3.8) is 0 Å². The van der Waals surface area contributed by atoms with E-state index in [4.69, 9.17) is 0 Å². The van der Waals surface area contributed by atoms with Gasteiger partial charge < -0.3 is 20.4 Å². The minimum atomic E-state index is -1.38. The van der Waals surface area contributed by atoms with Crippen LogP contribution >= 0.6 is 0 Å². The van der Waals surface area contributed by atoms with Crippen LogP contribution in [-0.4, -0.2) is 44.8 Å². The summed E-state index contributed by atoms with van der Waals surface area (Å²) in [6, 6.07) is 0. The molecule has 0 radical (unpaired) electrons. The maximum Gasteiger partial charge on any atom is 0.114 e. The number of rotatable bonds is 1. The quantitative estimate of drug-likeness (QED) is 0.532. The van der Waals surface area contributed by atoms with Crippen molar-refractivity contribution in [1.29, 1.82) is 0 Å². The number of hydrogen-bond donors (Lipinski definition) is 4. The van der Waals surface area contributed by atoms with Gasteiger partial charge in [0.2, 0.25) is 0 Å². The van der Waals surface area contributed by atoms with E-state index in [0.29, 0.717) is 18.4 Å². The summed E-state index contributed by atoms with van der Waals surface area (Å²) in [5.74, 6) is -0.191. The van der Waals surface area contributed by atoms with Gasteiger partial charge in [-0.2, -0.15) is 0 Å². The van der Waals surface area contributed by atoms with Crippen molar-refractivity contribution in [1.82, 2.24) is 0 Å². The van der Waals surface area contributed by atoms with Crippen molar-refractivity contribution in [2.24, 2.45) is 16.7 Å². The first-order valence-electron chi connectivity index (χ1n) is 6.97. The zero-order valence-corrected chi connectivity index (χ0v) is 12.2. The van der Waals surface area contributed by atoms with E-state index in [1.165, 1.54) is 0 Å². The molecule has 1 fully saturated rings. The lowest BCUT2D eigenvalue weighted by Crippen LogP contribution is -2.66. The lowest BCUT2D eigenvalue weighted by Gasteiger charge is -2.61. The minimum Gasteiger partial charge on any atom is -0.393 e. The number of hydrogen-bond acceptors (Lipinski definition) is 4. The predicted octanol–water partition coefficient (Wildman–Crippen LogP) is 0.834. The molecule has 0 aliphatic heterocycles. The Bertz CT molecular complexity index is 403. The summed E-state index contributed by atoms with van der Waals surface area (Å²) in [6.07, 6.45) is 1.47. The van der Waals surface area contributed by atoms with E-state index in [1.807, 2.05) is 20.8 Å². The summed E-state index contributed by atoms with van der Waals surface area (Å²) >= 11 is 0. The molecule has 19 heavy (non-hydrogen) atoms. The zero-order chi connectivity index (χ0) is 14.6. The van der Waals surface area contributed by atoms with Gasteiger partial charge in [0.1, 0.15) is 5.60 Å². The van der Waals surface area contributed by atoms with E-state index in [1.54, 1.807) is 13.0 Å². The second-order valence-electron chi connectivity index (χ2n) is 7.30. The molecule has 0 aromatic carbocycles. The highest BCUT2D eigenvalue weighted by molar-refractivity contribution is 5.30. The van der Waals surface area contributed by atoms with Crippen LogP contribution in [0.2, 0.25) is 0 Å². The molecule has 5 atom stereocenters. The highest BCUT2D eigenvalue weighted by Crippen LogP contribution is 2.60. The Morgan fingerprint density at radius 3 is 2.32 bits per heavy atom. The van der Waals surface area contributed by atoms with Crippen LogP contribution < -0.4 is 0 Å². The Hall–Kier alpha value is -0.420. The SMILES string of the molecule is CC1=C[C@H](O)[C@@H]2C(C)(C)C[C@H](O)C[C@]2(C)[C@]1(O)CO. The number of fused-ring (bicyclic) bond motifs is 1. The van der Waals surface area contributed by atoms with Crippen molar-refractivity contribution < 1.29 is 20.4 Å². The summed E-state index contributed by atoms with van der Waals surface area (Å²) in [4.78, 5) is 0. The Labute approximate surface area is 114 Å². The average molecular weight is 270 g/mol. The second-order valence-corrected chi connectivity index (χ2v) is 7.30. The van der Waals surface area contributed by atoms with Gasteiger partial charge in [-0.3, -0.25) is 0 Å². The van der Waals surface area contributed by atoms with Gasteiger partial charge in [0.25, 0.3) is 0 Å². The van der Waals surface area contributed by atoms with Crippen LogP contribution in [0.1, 0.15) is 40.5 Å². The van der Waals surface area contributed by atoms with E-state index in [9.17, 15) is 20.4 Å². The summed E-state index contributed by atoms with van der Waals surface area (Å²) < 4.78 is 0. The first kappa shape index (κ1) is 15.0. The molecule has 1 saturated carbocycles. The van der Waals surface area contributed by atoms with Crippen LogP contribution in [0, 0.1) is 16.7 Å². The van der Waals surface area contributed by atoms with Crippen molar-refractivity contribution in [2.45, 2.75) is 58.3 Å². The average Bonchev–Trinajstić information content (AvgIpc) is 2.22. The van der Waals surface area contributed by atoms with E-state index >= 15 is 0 Å². The molecule has 0 aromatic heterocycles. The van der Waals surface area contributed by atoms with E-state index in [0.717, 1.165) is 0 Å². The monoisotopic (exact) mass is 270 g/mol. The third-order valence-corrected chi connectivity index (χ3v) is 5.54. The highest BCUT2D eigenvalue weighted by atomic mass is 16.3. The van der Waals surface area contributed by atoms with Crippen molar-refractivity contribution in [3.8, 4) is 0 Å². The molecule has 2 aliphatic carbocycles. The van der Waals surface area contributed by atoms with E-state index < -0.39 is 29.8 Å². The minimum absolute atomic E-state index is 0.191. The Kier molecular flexibility index (Phi) is 3.38. The van der Waals surface area contributed by atoms with Gasteiger partial charge in [-0.05, 0) is 30.8 Å². The first-order valence-corrected chi connectivity index (χ1v) is 6.97. The molecule has 4 N–H and O–H groups in total. The van der Waals surface area contributed by atoms with Gasteiger partial charge >= 0.3 is 0 Å². The third-order valence-electron chi connectivity index (χ3n) is 5.54. The molecule has 0 aromatic rings. The molecular weight excluding hydrogens is 244 g/mol. The number of aliphatic hydroxyl groups is 4. The maximum absolute atomic E-state index is 10.9. The van der Waals surface area contributed by atoms with Gasteiger partial charge in [-0.15, -0.1) is 0 Å². The van der Waals surface area contributed by atoms with Crippen LogP contribution in [0.3, 0.4) is 0 Å². The molecule has 0 unspecified atom stereocenters. The van der Waals surface area contributed by atoms with Crippen LogP contribution in [0.15, 0.2) is 11.6 Å². The molecule has 0 amide bonds. The van der Waals surface area contributed by atoms with Gasteiger partial charge in [-0.1, -0.05) is 26.8 Å². The normalized spacial score (nSPS) is 49.5. The number of aliphatic hydroxyl groups excluding tert-OH is 3. The molecular formula is C15H26O4. The first-order chi connectivity index (χ1) is 8.58. The van der Waals surface area contributed by atoms with Crippen molar-refractivity contribution in [3.05, 3.63) is 11.6 Å². The Balaban J connectivity index is 2.61. The maximum atomic E-state index is 10.9. The third kappa shape index (κ3) is 1.88. The molecule has 2 aliphatic rings. The molecule has 0 bridgehead atoms. The lowest BCUT2D eigenvalue weighted by molar-refractivity contribution is -0.205. The van der Waals surface area contributed by atoms with Gasteiger partial charge in [0.05, 0.1) is 18.8 Å². The summed E-state index contributed by atoms with van der Waals surface area (Å²) in [5.41, 5.74) is -1.82. The fraction of sp³-hybridized carbons (Fsp3) is 0.867. The fourth-order valence-electron chi connectivity index (χ4n) is 4.80. The summed E-state index contributed by atoms with van der Waals surface area (Å²) in [5, 5.41) is 41.2. The summed E-state index contributed by atoms with van der Waals surface area (Å²) in [7, 11) is 0. The standard InChI is InChI=1S/C15H26O4/c1-9-5-11(18)12-13(2,3)6-10(17)7-14(12,4)15(9,19)8-16/h5,10-12,16-19H,6-8H2,1-4H3/t10-,11-,12+,14-,15-/m0/s1. The smallest absolute Gasteiger partial charge is 0.114 e. The van der Waals surface area contributed by atoms with Crippen LogP contribution in [-0.2, 0) is 0 Å². The molecule has 4 heteroatoms. The van der Waals surface area contributed by atoms with E-state index in [2.05, 4.69) is 0 Å². The van der Waals surface area contributed by atoms with Crippen LogP contribution in [0.4, 0.5) is 0 Å². The Morgan fingerprint density at radius 1 is 1.21 bits per heavy atom. The molecule has 0 heterocycles. The van der Waals surface area contributed by atoms with Gasteiger partial charge in [-0.25, -0.2) is 0 Å². The zero-order valence-electron chi connectivity index (χ0n) is 12.2.